The topological polar surface area (TPSA) is 111 Å². The Morgan fingerprint density at radius 1 is 0.521 bits per heavy atom. The number of phosphoric acid groups is 1. The Bertz CT molecular complexity index is 1630. The van der Waals surface area contributed by atoms with Crippen LogP contribution in [0.1, 0.15) is 201 Å². The number of esters is 1. The molecule has 1 amide bonds. The van der Waals surface area contributed by atoms with Crippen LogP contribution in [0.5, 0.6) is 0 Å². The minimum absolute atomic E-state index is 0.0164. The second kappa shape index (κ2) is 50.0. The first-order valence-electron chi connectivity index (χ1n) is 27.9. The normalized spacial score (nSPS) is 14.7. The average molecular weight is 1010 g/mol. The van der Waals surface area contributed by atoms with Crippen LogP contribution >= 0.6 is 7.82 Å². The molecule has 0 bridgehead atoms. The molecule has 0 saturated carbocycles. The first kappa shape index (κ1) is 67.4. The fourth-order valence-electron chi connectivity index (χ4n) is 7.20. The predicted octanol–water partition coefficient (Wildman–Crippen LogP) is 16.8. The molecule has 0 aliphatic rings. The highest BCUT2D eigenvalue weighted by atomic mass is 31.2. The van der Waals surface area contributed by atoms with Crippen LogP contribution in [0.2, 0.25) is 0 Å². The molecule has 0 spiro atoms. The van der Waals surface area contributed by atoms with Gasteiger partial charge in [-0.2, -0.15) is 0 Å². The summed E-state index contributed by atoms with van der Waals surface area (Å²) in [6, 6.07) is -0.904. The Morgan fingerprint density at radius 3 is 1.51 bits per heavy atom. The zero-order valence-electron chi connectivity index (χ0n) is 45.9. The summed E-state index contributed by atoms with van der Waals surface area (Å²) >= 11 is 0. The van der Waals surface area contributed by atoms with Gasteiger partial charge in [-0.1, -0.05) is 220 Å². The van der Waals surface area contributed by atoms with E-state index in [9.17, 15) is 19.0 Å². The number of hydrogen-bond acceptors (Lipinski definition) is 6. The molecule has 0 radical (unpaired) electrons. The van der Waals surface area contributed by atoms with Crippen molar-refractivity contribution in [3.8, 4) is 0 Å². The zero-order valence-corrected chi connectivity index (χ0v) is 46.8. The first-order valence-corrected chi connectivity index (χ1v) is 29.4. The van der Waals surface area contributed by atoms with Gasteiger partial charge in [-0.15, -0.1) is 0 Å². The predicted molar refractivity (Wildman–Crippen MR) is 304 cm³/mol. The van der Waals surface area contributed by atoms with Crippen molar-refractivity contribution in [2.45, 2.75) is 213 Å². The maximum Gasteiger partial charge on any atom is 0.472 e. The van der Waals surface area contributed by atoms with Crippen molar-refractivity contribution in [2.75, 3.05) is 40.9 Å². The van der Waals surface area contributed by atoms with Gasteiger partial charge in [0.25, 0.3) is 0 Å². The third-order valence-corrected chi connectivity index (χ3v) is 12.5. The largest absolute Gasteiger partial charge is 0.472 e. The lowest BCUT2D eigenvalue weighted by atomic mass is 10.0. The number of carbonyl (C=O) groups is 2. The molecule has 3 atom stereocenters. The third kappa shape index (κ3) is 51.1. The Labute approximate surface area is 435 Å². The van der Waals surface area contributed by atoms with Crippen molar-refractivity contribution in [2.24, 2.45) is 0 Å². The minimum atomic E-state index is -4.48. The zero-order chi connectivity index (χ0) is 52.2. The molecular weight excluding hydrogens is 904 g/mol. The Morgan fingerprint density at radius 2 is 0.986 bits per heavy atom. The molecule has 0 saturated heterocycles. The number of hydrogen-bond donors (Lipinski definition) is 2. The summed E-state index contributed by atoms with van der Waals surface area (Å²) in [6.45, 7) is 6.66. The third-order valence-electron chi connectivity index (χ3n) is 11.5. The number of quaternary nitrogens is 1. The smallest absolute Gasteiger partial charge is 0.456 e. The van der Waals surface area contributed by atoms with Crippen LogP contribution in [0.3, 0.4) is 0 Å². The SMILES string of the molecule is CC/C=C\C/C=C\C/C=C\C/C=C\C/C=C\C/C=C\CCC(=O)NC(COP(=O)(O)OCC[N+](C)(C)C)C(/C=C\CCCCCCCCCCCCC)OC(=O)CCCCCCC\C=C/C=C/C=C/CC. The average Bonchev–Trinajstić information content (AvgIpc) is 3.33. The molecule has 10 heteroatoms. The molecule has 0 aromatic rings. The van der Waals surface area contributed by atoms with Crippen LogP contribution in [-0.2, 0) is 27.9 Å². The van der Waals surface area contributed by atoms with Crippen molar-refractivity contribution >= 4 is 19.7 Å². The number of amides is 1. The van der Waals surface area contributed by atoms with Crippen molar-refractivity contribution in [3.05, 3.63) is 122 Å². The van der Waals surface area contributed by atoms with E-state index >= 15 is 0 Å². The molecule has 3 unspecified atom stereocenters. The van der Waals surface area contributed by atoms with Gasteiger partial charge < -0.3 is 19.4 Å². The van der Waals surface area contributed by atoms with Gasteiger partial charge in [0.15, 0.2) is 0 Å². The number of likely N-dealkylation sites (N-methyl/N-ethyl adjacent to an activating group) is 1. The molecule has 404 valence electrons. The van der Waals surface area contributed by atoms with Crippen LogP contribution in [0.25, 0.3) is 0 Å². The highest BCUT2D eigenvalue weighted by Gasteiger charge is 2.30. The molecule has 2 N–H and O–H groups in total. The Balaban J connectivity index is 5.54. The number of rotatable bonds is 48. The van der Waals surface area contributed by atoms with Crippen LogP contribution in [0.15, 0.2) is 122 Å². The summed E-state index contributed by atoms with van der Waals surface area (Å²) in [5, 5.41) is 2.99. The summed E-state index contributed by atoms with van der Waals surface area (Å²) in [5.41, 5.74) is 0. The summed E-state index contributed by atoms with van der Waals surface area (Å²) in [4.78, 5) is 37.5. The lowest BCUT2D eigenvalue weighted by Crippen LogP contribution is -2.47. The van der Waals surface area contributed by atoms with Gasteiger partial charge in [0, 0.05) is 12.8 Å². The molecule has 0 aliphatic heterocycles. The van der Waals surface area contributed by atoms with E-state index in [-0.39, 0.29) is 37.9 Å². The molecule has 71 heavy (non-hydrogen) atoms. The minimum Gasteiger partial charge on any atom is -0.456 e. The van der Waals surface area contributed by atoms with E-state index in [4.69, 9.17) is 13.8 Å². The highest BCUT2D eigenvalue weighted by Crippen LogP contribution is 2.43. The van der Waals surface area contributed by atoms with Crippen LogP contribution in [-0.4, -0.2) is 74.3 Å². The number of phosphoric ester groups is 1. The molecule has 9 nitrogen and oxygen atoms in total. The number of unbranched alkanes of at least 4 members (excludes halogenated alkanes) is 16. The van der Waals surface area contributed by atoms with Gasteiger partial charge >= 0.3 is 13.8 Å². The number of carbonyl (C=O) groups excluding carboxylic acids is 2. The standard InChI is InChI=1S/C61H103N2O7P/c1-7-10-13-16-19-22-25-28-29-30-31-32-33-36-38-41-44-47-50-53-60(64)62-58(57-69-71(66,67)68-56-55-63(4,5)6)59(52-49-46-43-40-37-34-26-23-20-17-14-11-8-2)70-61(65)54-51-48-45-42-39-35-27-24-21-18-15-12-9-3/h10,12-13,15,18-19,21-22,24,27-29,31-32,36,38,44,47,49,52,58-59H,7-9,11,14,16-17,20,23,25-26,30,33-35,37,39-43,45-46,48,50-51,53-57H2,1-6H3,(H-,62,64,66,67)/p+1/b13-10-,15-12+,21-18+,22-19-,27-24-,29-28-,32-31-,38-36-,47-44-,52-49-. The van der Waals surface area contributed by atoms with Crippen LogP contribution in [0, 0.1) is 0 Å². The number of ether oxygens (including phenoxy) is 1. The lowest BCUT2D eigenvalue weighted by molar-refractivity contribution is -0.870. The lowest BCUT2D eigenvalue weighted by Gasteiger charge is -2.27. The van der Waals surface area contributed by atoms with E-state index in [2.05, 4.69) is 117 Å². The van der Waals surface area contributed by atoms with E-state index in [0.29, 0.717) is 23.9 Å². The quantitative estimate of drug-likeness (QED) is 0.0156. The Kier molecular flexibility index (Phi) is 47.4. The van der Waals surface area contributed by atoms with Crippen molar-refractivity contribution < 1.29 is 37.3 Å². The summed E-state index contributed by atoms with van der Waals surface area (Å²) in [5.74, 6) is -0.638. The summed E-state index contributed by atoms with van der Waals surface area (Å²) in [6.07, 6.45) is 69.3. The number of allylic oxidation sites excluding steroid dienone is 19. The van der Waals surface area contributed by atoms with Gasteiger partial charge in [-0.3, -0.25) is 18.6 Å². The first-order chi connectivity index (χ1) is 34.4. The Hall–Kier alpha value is -3.59. The number of nitrogens with one attached hydrogen (secondary N) is 1. The van der Waals surface area contributed by atoms with E-state index < -0.39 is 20.0 Å². The van der Waals surface area contributed by atoms with Crippen molar-refractivity contribution in [1.29, 1.82) is 0 Å². The van der Waals surface area contributed by atoms with E-state index in [1.807, 2.05) is 51.5 Å². The van der Waals surface area contributed by atoms with Crippen molar-refractivity contribution in [3.63, 3.8) is 0 Å². The van der Waals surface area contributed by atoms with Crippen molar-refractivity contribution in [1.82, 2.24) is 5.32 Å². The highest BCUT2D eigenvalue weighted by molar-refractivity contribution is 7.47. The molecule has 0 heterocycles. The van der Waals surface area contributed by atoms with E-state index in [0.717, 1.165) is 96.3 Å². The van der Waals surface area contributed by atoms with Gasteiger partial charge in [0.2, 0.25) is 5.91 Å². The molecule has 0 rings (SSSR count). The van der Waals surface area contributed by atoms with Crippen LogP contribution < -0.4 is 5.32 Å². The molecule has 0 fully saturated rings. The summed E-state index contributed by atoms with van der Waals surface area (Å²) in [7, 11) is 1.42. The maximum absolute atomic E-state index is 13.5. The van der Waals surface area contributed by atoms with E-state index in [1.165, 1.54) is 57.8 Å². The fourth-order valence-corrected chi connectivity index (χ4v) is 7.93. The molecule has 0 aromatic carbocycles. The van der Waals surface area contributed by atoms with Gasteiger partial charge in [0.1, 0.15) is 19.3 Å². The number of nitrogens with zero attached hydrogens (tertiary/aromatic N) is 1. The van der Waals surface area contributed by atoms with Gasteiger partial charge in [-0.05, 0) is 89.5 Å². The molecule has 0 aromatic heterocycles. The fraction of sp³-hybridized carbons (Fsp3) is 0.639. The molecule has 0 aliphatic carbocycles. The molecular formula is C61H104N2O7P+. The maximum atomic E-state index is 13.5. The van der Waals surface area contributed by atoms with Gasteiger partial charge in [-0.25, -0.2) is 4.57 Å². The van der Waals surface area contributed by atoms with E-state index in [1.54, 1.807) is 0 Å². The van der Waals surface area contributed by atoms with Gasteiger partial charge in [0.05, 0.1) is 33.8 Å². The second-order valence-corrected chi connectivity index (χ2v) is 20.9. The second-order valence-electron chi connectivity index (χ2n) is 19.4. The monoisotopic (exact) mass is 1010 g/mol. The van der Waals surface area contributed by atoms with Crippen LogP contribution in [0.4, 0.5) is 0 Å². The summed E-state index contributed by atoms with van der Waals surface area (Å²) < 4.78 is 30.5.